The maximum absolute atomic E-state index is 13.4. The molecule has 222 valence electrons. The van der Waals surface area contributed by atoms with Gasteiger partial charge in [-0.1, -0.05) is 18.4 Å². The number of amides is 3. The Morgan fingerprint density at radius 3 is 2.51 bits per heavy atom. The van der Waals surface area contributed by atoms with E-state index in [2.05, 4.69) is 55.5 Å². The van der Waals surface area contributed by atoms with Gasteiger partial charge in [-0.15, -0.1) is 0 Å². The standard InChI is InChI=1S/C32H35N7O4/c1-38(2)30-33-17-23(18-34-30)25-8-9-27(43-4)26(35-25)10-12-32(29(40)36-31(41)37-32)19-39-13-11-20-14-22(16-24(15-20)42-3)28(39)21-6-5-7-21/h8-9,14-18,21,28H,5-7,11,13,19H2,1-4H3,(H2,36,37,40,41)/t28?,32-/m1/s1. The number of nitrogens with one attached hydrogen (secondary N) is 2. The molecular formula is C32H35N7O4. The number of hydrogen-bond donors (Lipinski definition) is 2. The number of nitrogens with zero attached hydrogens (tertiary/aromatic N) is 5. The van der Waals surface area contributed by atoms with Crippen LogP contribution in [0.3, 0.4) is 0 Å². The zero-order valence-electron chi connectivity index (χ0n) is 24.8. The zero-order chi connectivity index (χ0) is 30.1. The van der Waals surface area contributed by atoms with E-state index in [1.165, 1.54) is 17.5 Å². The van der Waals surface area contributed by atoms with E-state index in [-0.39, 0.29) is 12.6 Å². The molecule has 1 saturated heterocycles. The molecule has 0 spiro atoms. The van der Waals surface area contributed by atoms with E-state index in [0.29, 0.717) is 41.1 Å². The number of carbonyl (C=O) groups is 2. The number of anilines is 1. The minimum Gasteiger partial charge on any atom is -0.497 e. The van der Waals surface area contributed by atoms with Crippen molar-refractivity contribution in [2.24, 2.45) is 5.92 Å². The van der Waals surface area contributed by atoms with Crippen LogP contribution in [0.1, 0.15) is 42.1 Å². The summed E-state index contributed by atoms with van der Waals surface area (Å²) in [7, 11) is 6.97. The van der Waals surface area contributed by atoms with Crippen molar-refractivity contribution < 1.29 is 19.1 Å². The maximum Gasteiger partial charge on any atom is 0.323 e. The topological polar surface area (TPSA) is 122 Å². The number of benzene rings is 1. The molecule has 1 aromatic carbocycles. The molecule has 2 atom stereocenters. The lowest BCUT2D eigenvalue weighted by atomic mass is 9.76. The fraction of sp³-hybridized carbons (Fsp3) is 0.406. The van der Waals surface area contributed by atoms with Gasteiger partial charge >= 0.3 is 6.03 Å². The van der Waals surface area contributed by atoms with Crippen molar-refractivity contribution in [3.8, 4) is 34.6 Å². The lowest BCUT2D eigenvalue weighted by Gasteiger charge is -2.42. The summed E-state index contributed by atoms with van der Waals surface area (Å²) in [6.45, 7) is 0.936. The number of urea groups is 1. The average Bonchev–Trinajstić information content (AvgIpc) is 3.21. The largest absolute Gasteiger partial charge is 0.497 e. The Bertz CT molecular complexity index is 1610. The number of ether oxygens (including phenoxy) is 2. The third kappa shape index (κ3) is 5.58. The molecule has 43 heavy (non-hydrogen) atoms. The van der Waals surface area contributed by atoms with Crippen LogP contribution in [0.25, 0.3) is 11.3 Å². The number of hydrogen-bond acceptors (Lipinski definition) is 9. The van der Waals surface area contributed by atoms with E-state index >= 15 is 0 Å². The van der Waals surface area contributed by atoms with Crippen LogP contribution in [0.5, 0.6) is 11.5 Å². The van der Waals surface area contributed by atoms with Gasteiger partial charge < -0.3 is 19.7 Å². The lowest BCUT2D eigenvalue weighted by Crippen LogP contribution is -2.56. The van der Waals surface area contributed by atoms with Gasteiger partial charge in [-0.3, -0.25) is 15.0 Å². The predicted octanol–water partition coefficient (Wildman–Crippen LogP) is 2.95. The van der Waals surface area contributed by atoms with Crippen molar-refractivity contribution >= 4 is 17.9 Å². The first kappa shape index (κ1) is 28.4. The first-order valence-corrected chi connectivity index (χ1v) is 14.4. The van der Waals surface area contributed by atoms with Crippen molar-refractivity contribution in [2.75, 3.05) is 46.3 Å². The molecule has 11 nitrogen and oxygen atoms in total. The summed E-state index contributed by atoms with van der Waals surface area (Å²) >= 11 is 0. The number of pyridine rings is 1. The molecule has 3 aromatic rings. The van der Waals surface area contributed by atoms with Gasteiger partial charge in [0.05, 0.1) is 19.9 Å². The Hall–Kier alpha value is -4.69. The number of fused-ring (bicyclic) bond motifs is 2. The van der Waals surface area contributed by atoms with E-state index in [0.717, 1.165) is 25.0 Å². The molecule has 3 aliphatic rings. The van der Waals surface area contributed by atoms with Crippen LogP contribution >= 0.6 is 0 Å². The van der Waals surface area contributed by atoms with Crippen molar-refractivity contribution in [3.63, 3.8) is 0 Å². The highest BCUT2D eigenvalue weighted by molar-refractivity contribution is 6.09. The molecule has 4 heterocycles. The van der Waals surface area contributed by atoms with E-state index < -0.39 is 17.5 Å². The highest BCUT2D eigenvalue weighted by atomic mass is 16.5. The number of carbonyl (C=O) groups excluding carboxylic acids is 2. The molecule has 2 fully saturated rings. The van der Waals surface area contributed by atoms with Crippen LogP contribution in [0, 0.1) is 17.8 Å². The zero-order valence-corrected chi connectivity index (χ0v) is 24.8. The van der Waals surface area contributed by atoms with Crippen LogP contribution in [0.4, 0.5) is 10.7 Å². The predicted molar refractivity (Wildman–Crippen MR) is 161 cm³/mol. The van der Waals surface area contributed by atoms with Gasteiger partial charge in [-0.05, 0) is 66.5 Å². The molecule has 6 rings (SSSR count). The van der Waals surface area contributed by atoms with E-state index in [1.54, 1.807) is 38.7 Å². The summed E-state index contributed by atoms with van der Waals surface area (Å²) in [5.74, 6) is 8.04. The number of methoxy groups -OCH3 is 2. The minimum absolute atomic E-state index is 0.0789. The molecule has 2 aliphatic heterocycles. The van der Waals surface area contributed by atoms with Gasteiger partial charge in [0.2, 0.25) is 5.95 Å². The van der Waals surface area contributed by atoms with Crippen molar-refractivity contribution in [2.45, 2.75) is 37.3 Å². The van der Waals surface area contributed by atoms with Gasteiger partial charge in [0, 0.05) is 51.2 Å². The Morgan fingerprint density at radius 1 is 1.09 bits per heavy atom. The van der Waals surface area contributed by atoms with Gasteiger partial charge in [-0.25, -0.2) is 19.7 Å². The highest BCUT2D eigenvalue weighted by Crippen LogP contribution is 2.44. The van der Waals surface area contributed by atoms with Crippen molar-refractivity contribution in [1.82, 2.24) is 30.5 Å². The first-order valence-electron chi connectivity index (χ1n) is 14.4. The summed E-state index contributed by atoms with van der Waals surface area (Å²) in [6, 6.07) is 9.49. The quantitative estimate of drug-likeness (QED) is 0.320. The molecule has 2 N–H and O–H groups in total. The number of imide groups is 1. The lowest BCUT2D eigenvalue weighted by molar-refractivity contribution is -0.123. The summed E-state index contributed by atoms with van der Waals surface area (Å²) in [6.07, 6.45) is 7.59. The van der Waals surface area contributed by atoms with Gasteiger partial charge in [-0.2, -0.15) is 0 Å². The van der Waals surface area contributed by atoms with E-state index in [9.17, 15) is 9.59 Å². The highest BCUT2D eigenvalue weighted by Gasteiger charge is 2.48. The van der Waals surface area contributed by atoms with Crippen LogP contribution in [0.2, 0.25) is 0 Å². The average molecular weight is 582 g/mol. The molecule has 1 unspecified atom stereocenters. The normalized spacial score (nSPS) is 21.5. The second-order valence-electron chi connectivity index (χ2n) is 11.4. The van der Waals surface area contributed by atoms with Crippen LogP contribution < -0.4 is 25.0 Å². The SMILES string of the molecule is COc1cc2cc(c1)C(C1CCC1)N(C[C@@]1(C#Cc3nc(-c4cnc(N(C)C)nc4)ccc3OC)NC(=O)NC1=O)CC2. The summed E-state index contributed by atoms with van der Waals surface area (Å²) in [4.78, 5) is 43.6. The van der Waals surface area contributed by atoms with Gasteiger partial charge in [0.15, 0.2) is 17.0 Å². The van der Waals surface area contributed by atoms with Crippen molar-refractivity contribution in [1.29, 1.82) is 0 Å². The molecule has 11 heteroatoms. The monoisotopic (exact) mass is 581 g/mol. The Kier molecular flexibility index (Phi) is 7.62. The molecule has 1 aliphatic carbocycles. The Labute approximate surface area is 251 Å². The summed E-state index contributed by atoms with van der Waals surface area (Å²) in [5, 5.41) is 5.26. The molecule has 0 radical (unpaired) electrons. The molecular weight excluding hydrogens is 546 g/mol. The fourth-order valence-corrected chi connectivity index (χ4v) is 5.99. The third-order valence-electron chi connectivity index (χ3n) is 8.43. The maximum atomic E-state index is 13.4. The summed E-state index contributed by atoms with van der Waals surface area (Å²) < 4.78 is 11.2. The smallest absolute Gasteiger partial charge is 0.323 e. The van der Waals surface area contributed by atoms with Crippen LogP contribution in [-0.4, -0.2) is 78.7 Å². The van der Waals surface area contributed by atoms with Crippen LogP contribution in [0.15, 0.2) is 42.7 Å². The van der Waals surface area contributed by atoms with E-state index in [4.69, 9.17) is 14.5 Å². The third-order valence-corrected chi connectivity index (χ3v) is 8.43. The van der Waals surface area contributed by atoms with Gasteiger partial charge in [0.1, 0.15) is 5.75 Å². The Morgan fingerprint density at radius 2 is 1.88 bits per heavy atom. The molecule has 3 amide bonds. The van der Waals surface area contributed by atoms with Crippen LogP contribution in [-0.2, 0) is 11.2 Å². The minimum atomic E-state index is -1.47. The van der Waals surface area contributed by atoms with Gasteiger partial charge in [0.25, 0.3) is 5.91 Å². The second-order valence-corrected chi connectivity index (χ2v) is 11.4. The Balaban J connectivity index is 1.36. The van der Waals surface area contributed by atoms with E-state index in [1.807, 2.05) is 19.0 Å². The second kappa shape index (κ2) is 11.5. The molecule has 2 bridgehead atoms. The molecule has 2 aromatic heterocycles. The number of rotatable bonds is 7. The van der Waals surface area contributed by atoms with Crippen molar-refractivity contribution in [3.05, 3.63) is 59.5 Å². The number of aromatic nitrogens is 3. The fourth-order valence-electron chi connectivity index (χ4n) is 5.99. The first-order chi connectivity index (χ1) is 20.8. The molecule has 1 saturated carbocycles. The summed E-state index contributed by atoms with van der Waals surface area (Å²) in [5.41, 5.74) is 2.54.